The molecule has 0 aromatic heterocycles. The van der Waals surface area contributed by atoms with Crippen LogP contribution in [0.5, 0.6) is 0 Å². The lowest BCUT2D eigenvalue weighted by Gasteiger charge is -2.17. The molecule has 0 aliphatic heterocycles. The number of benzene rings is 1. The van der Waals surface area contributed by atoms with E-state index in [2.05, 4.69) is 11.7 Å². The first-order chi connectivity index (χ1) is 14.0. The minimum absolute atomic E-state index is 0.147. The lowest BCUT2D eigenvalue weighted by molar-refractivity contribution is -0.140. The Bertz CT molecular complexity index is 646. The summed E-state index contributed by atoms with van der Waals surface area (Å²) in [7, 11) is -2.28. The largest absolute Gasteiger partial charge is 0.469 e. The number of hydrogen-bond donors (Lipinski definition) is 0. The molecule has 0 heterocycles. The summed E-state index contributed by atoms with van der Waals surface area (Å²) >= 11 is 1.79. The van der Waals surface area contributed by atoms with Crippen LogP contribution in [-0.4, -0.2) is 39.1 Å². The predicted octanol–water partition coefficient (Wildman–Crippen LogP) is 5.59. The Labute approximate surface area is 181 Å². The van der Waals surface area contributed by atoms with Gasteiger partial charge in [0.1, 0.15) is 0 Å². The first-order valence-corrected chi connectivity index (χ1v) is 13.2. The number of methoxy groups -OCH3 is 1. The van der Waals surface area contributed by atoms with Gasteiger partial charge >= 0.3 is 5.97 Å². The van der Waals surface area contributed by atoms with Crippen LogP contribution < -0.4 is 0 Å². The van der Waals surface area contributed by atoms with Crippen LogP contribution >= 0.6 is 11.8 Å². The van der Waals surface area contributed by atoms with Crippen LogP contribution in [0, 0.1) is 0 Å². The van der Waals surface area contributed by atoms with Crippen LogP contribution in [0.3, 0.4) is 0 Å². The number of unbranched alkanes of at least 4 members (excludes halogenated alkanes) is 5. The molecule has 0 radical (unpaired) electrons. The summed E-state index contributed by atoms with van der Waals surface area (Å²) in [6, 6.07) is 8.38. The number of thioether (sulfide) groups is 1. The minimum atomic E-state index is -3.69. The van der Waals surface area contributed by atoms with Gasteiger partial charge < -0.3 is 4.74 Å². The first kappa shape index (κ1) is 26.0. The molecule has 0 bridgehead atoms. The van der Waals surface area contributed by atoms with Crippen molar-refractivity contribution in [2.75, 3.05) is 18.6 Å². The highest BCUT2D eigenvalue weighted by Crippen LogP contribution is 2.21. The number of esters is 1. The summed E-state index contributed by atoms with van der Waals surface area (Å²) in [5.74, 6) is 1.74. The average molecular weight is 445 g/mol. The summed E-state index contributed by atoms with van der Waals surface area (Å²) in [5, 5.41) is 0. The second-order valence-electron chi connectivity index (χ2n) is 7.12. The molecule has 0 aliphatic carbocycles. The van der Waals surface area contributed by atoms with Gasteiger partial charge in [0.2, 0.25) is 0 Å². The highest BCUT2D eigenvalue weighted by Gasteiger charge is 2.21. The van der Waals surface area contributed by atoms with Gasteiger partial charge in [-0.2, -0.15) is 20.2 Å². The van der Waals surface area contributed by atoms with Gasteiger partial charge in [0.05, 0.1) is 24.5 Å². The average Bonchev–Trinajstić information content (AvgIpc) is 2.73. The van der Waals surface area contributed by atoms with E-state index in [4.69, 9.17) is 4.18 Å². The van der Waals surface area contributed by atoms with Crippen molar-refractivity contribution in [3.8, 4) is 0 Å². The van der Waals surface area contributed by atoms with Gasteiger partial charge in [-0.3, -0.25) is 8.98 Å². The van der Waals surface area contributed by atoms with E-state index in [9.17, 15) is 13.2 Å². The van der Waals surface area contributed by atoms with Gasteiger partial charge in [-0.1, -0.05) is 63.6 Å². The number of rotatable bonds is 17. The van der Waals surface area contributed by atoms with E-state index in [0.29, 0.717) is 6.42 Å². The standard InChI is InChI=1S/C22H36O5S2/c1-3-4-13-20(27-29(24,25)21-15-10-8-11-16-21)14-9-6-5-7-12-18-28-19-17-22(23)26-2/h8,10-11,15-16,20H,3-7,9,12-14,17-19H2,1-2H3/t20-/m1/s1. The van der Waals surface area contributed by atoms with Crippen molar-refractivity contribution in [3.05, 3.63) is 30.3 Å². The smallest absolute Gasteiger partial charge is 0.306 e. The van der Waals surface area contributed by atoms with E-state index < -0.39 is 10.1 Å². The zero-order valence-electron chi connectivity index (χ0n) is 17.8. The van der Waals surface area contributed by atoms with Crippen molar-refractivity contribution < 1.29 is 22.1 Å². The van der Waals surface area contributed by atoms with Crippen LogP contribution in [0.15, 0.2) is 35.2 Å². The summed E-state index contributed by atoms with van der Waals surface area (Å²) < 4.78 is 35.1. The highest BCUT2D eigenvalue weighted by molar-refractivity contribution is 7.99. The quantitative estimate of drug-likeness (QED) is 0.177. The molecular formula is C22H36O5S2. The van der Waals surface area contributed by atoms with Crippen LogP contribution in [0.25, 0.3) is 0 Å². The molecule has 0 amide bonds. The fourth-order valence-corrected chi connectivity index (χ4v) is 5.04. The van der Waals surface area contributed by atoms with Gasteiger partial charge in [0.25, 0.3) is 10.1 Å². The topological polar surface area (TPSA) is 69.7 Å². The summed E-state index contributed by atoms with van der Waals surface area (Å²) in [6.07, 6.45) is 9.30. The van der Waals surface area contributed by atoms with E-state index >= 15 is 0 Å². The Morgan fingerprint density at radius 2 is 1.62 bits per heavy atom. The maximum absolute atomic E-state index is 12.5. The van der Waals surface area contributed by atoms with Crippen LogP contribution in [0.1, 0.15) is 71.1 Å². The molecule has 0 saturated heterocycles. The fraction of sp³-hybridized carbons (Fsp3) is 0.682. The summed E-state index contributed by atoms with van der Waals surface area (Å²) in [5.41, 5.74) is 0. The van der Waals surface area contributed by atoms with Crippen LogP contribution in [0.2, 0.25) is 0 Å². The zero-order valence-corrected chi connectivity index (χ0v) is 19.4. The lowest BCUT2D eigenvalue weighted by atomic mass is 10.0. The van der Waals surface area contributed by atoms with Crippen molar-refractivity contribution in [3.63, 3.8) is 0 Å². The molecule has 1 aromatic rings. The third kappa shape index (κ3) is 12.3. The first-order valence-electron chi connectivity index (χ1n) is 10.6. The molecule has 166 valence electrons. The fourth-order valence-electron chi connectivity index (χ4n) is 2.96. The molecular weight excluding hydrogens is 408 g/mol. The summed E-state index contributed by atoms with van der Waals surface area (Å²) in [6.45, 7) is 2.10. The number of ether oxygens (including phenoxy) is 1. The minimum Gasteiger partial charge on any atom is -0.469 e. The Morgan fingerprint density at radius 1 is 0.966 bits per heavy atom. The molecule has 0 aliphatic rings. The Kier molecular flexibility index (Phi) is 14.1. The predicted molar refractivity (Wildman–Crippen MR) is 120 cm³/mol. The SMILES string of the molecule is CCCC[C@H](CCCCCCCSCCC(=O)OC)OS(=O)(=O)c1ccccc1. The molecule has 1 aromatic carbocycles. The normalized spacial score (nSPS) is 12.6. The number of carbonyl (C=O) groups is 1. The third-order valence-electron chi connectivity index (χ3n) is 4.67. The van der Waals surface area contributed by atoms with Crippen molar-refractivity contribution >= 4 is 27.8 Å². The molecule has 0 saturated carbocycles. The third-order valence-corrected chi connectivity index (χ3v) is 7.11. The molecule has 0 spiro atoms. The maximum Gasteiger partial charge on any atom is 0.306 e. The lowest BCUT2D eigenvalue weighted by Crippen LogP contribution is -2.19. The Balaban J connectivity index is 2.23. The van der Waals surface area contributed by atoms with Crippen LogP contribution in [-0.2, 0) is 23.8 Å². The molecule has 0 fully saturated rings. The number of carbonyl (C=O) groups excluding carboxylic acids is 1. The maximum atomic E-state index is 12.5. The summed E-state index contributed by atoms with van der Waals surface area (Å²) in [4.78, 5) is 11.3. The van der Waals surface area contributed by atoms with Crippen molar-refractivity contribution in [2.24, 2.45) is 0 Å². The van der Waals surface area contributed by atoms with E-state index in [1.165, 1.54) is 7.11 Å². The monoisotopic (exact) mass is 444 g/mol. The van der Waals surface area contributed by atoms with Gasteiger partial charge in [0, 0.05) is 5.75 Å². The Hall–Kier alpha value is -1.05. The second-order valence-corrected chi connectivity index (χ2v) is 9.92. The molecule has 1 rings (SSSR count). The van der Waals surface area contributed by atoms with Crippen molar-refractivity contribution in [1.29, 1.82) is 0 Å². The van der Waals surface area contributed by atoms with E-state index in [-0.39, 0.29) is 17.0 Å². The van der Waals surface area contributed by atoms with E-state index in [0.717, 1.165) is 69.3 Å². The Morgan fingerprint density at radius 3 is 2.31 bits per heavy atom. The molecule has 0 N–H and O–H groups in total. The highest BCUT2D eigenvalue weighted by atomic mass is 32.2. The molecule has 29 heavy (non-hydrogen) atoms. The van der Waals surface area contributed by atoms with Crippen LogP contribution in [0.4, 0.5) is 0 Å². The molecule has 5 nitrogen and oxygen atoms in total. The van der Waals surface area contributed by atoms with E-state index in [1.54, 1.807) is 42.1 Å². The van der Waals surface area contributed by atoms with E-state index in [1.807, 2.05) is 0 Å². The van der Waals surface area contributed by atoms with Crippen molar-refractivity contribution in [2.45, 2.75) is 82.1 Å². The number of hydrogen-bond acceptors (Lipinski definition) is 6. The van der Waals surface area contributed by atoms with Crippen molar-refractivity contribution in [1.82, 2.24) is 0 Å². The zero-order chi connectivity index (χ0) is 21.4. The molecule has 7 heteroatoms. The van der Waals surface area contributed by atoms with Gasteiger partial charge in [-0.05, 0) is 37.1 Å². The molecule has 1 atom stereocenters. The van der Waals surface area contributed by atoms with Gasteiger partial charge in [-0.15, -0.1) is 0 Å². The second kappa shape index (κ2) is 15.7. The van der Waals surface area contributed by atoms with Gasteiger partial charge in [0.15, 0.2) is 0 Å². The van der Waals surface area contributed by atoms with Gasteiger partial charge in [-0.25, -0.2) is 0 Å². The molecule has 0 unspecified atom stereocenters.